The molecule has 2 amide bonds. The molecule has 3 rings (SSSR count). The van der Waals surface area contributed by atoms with Gasteiger partial charge in [0.15, 0.2) is 0 Å². The Balaban J connectivity index is 1.54. The quantitative estimate of drug-likeness (QED) is 0.679. The van der Waals surface area contributed by atoms with Gasteiger partial charge in [0.1, 0.15) is 5.69 Å². The summed E-state index contributed by atoms with van der Waals surface area (Å²) in [4.78, 5) is 37.4. The summed E-state index contributed by atoms with van der Waals surface area (Å²) in [5.41, 5.74) is 2.18. The Labute approximate surface area is 177 Å². The highest BCUT2D eigenvalue weighted by atomic mass is 16.5. The van der Waals surface area contributed by atoms with Gasteiger partial charge in [-0.15, -0.1) is 0 Å². The zero-order chi connectivity index (χ0) is 21.2. The Kier molecular flexibility index (Phi) is 8.29. The third kappa shape index (κ3) is 6.89. The molecule has 1 fully saturated rings. The molecule has 1 saturated heterocycles. The molecule has 0 bridgehead atoms. The molecule has 1 aliphatic rings. The molecule has 160 valence electrons. The monoisotopic (exact) mass is 411 g/mol. The number of carbonyl (C=O) groups excluding carboxylic acids is 2. The van der Waals surface area contributed by atoms with Crippen LogP contribution < -0.4 is 5.32 Å². The van der Waals surface area contributed by atoms with Crippen LogP contribution in [0.25, 0.3) is 0 Å². The predicted molar refractivity (Wildman–Crippen MR) is 114 cm³/mol. The van der Waals surface area contributed by atoms with E-state index in [-0.39, 0.29) is 18.2 Å². The van der Waals surface area contributed by atoms with Crippen molar-refractivity contribution in [3.05, 3.63) is 54.1 Å². The summed E-state index contributed by atoms with van der Waals surface area (Å²) in [6, 6.07) is 7.65. The van der Waals surface area contributed by atoms with Crippen molar-refractivity contribution >= 4 is 17.5 Å². The van der Waals surface area contributed by atoms with Crippen LogP contribution in [0.4, 0.5) is 5.69 Å². The molecular formula is C22H29N5O3. The van der Waals surface area contributed by atoms with Crippen LogP contribution >= 0.6 is 0 Å². The van der Waals surface area contributed by atoms with Crippen molar-refractivity contribution < 1.29 is 14.3 Å². The fraction of sp³-hybridized carbons (Fsp3) is 0.455. The average Bonchev–Trinajstić information content (AvgIpc) is 2.78. The molecule has 8 heteroatoms. The summed E-state index contributed by atoms with van der Waals surface area (Å²) in [6.07, 6.45) is 5.55. The van der Waals surface area contributed by atoms with Crippen molar-refractivity contribution in [2.75, 3.05) is 51.3 Å². The zero-order valence-electron chi connectivity index (χ0n) is 17.4. The molecule has 0 unspecified atom stereocenters. The van der Waals surface area contributed by atoms with E-state index >= 15 is 0 Å². The molecule has 0 spiro atoms. The fourth-order valence-corrected chi connectivity index (χ4v) is 3.29. The number of ether oxygens (including phenoxy) is 1. The first-order valence-corrected chi connectivity index (χ1v) is 10.3. The Morgan fingerprint density at radius 1 is 1.13 bits per heavy atom. The number of morpholine rings is 1. The molecule has 0 aliphatic carbocycles. The second-order valence-corrected chi connectivity index (χ2v) is 7.35. The van der Waals surface area contributed by atoms with Gasteiger partial charge in [0, 0.05) is 57.2 Å². The number of aryl methyl sites for hydroxylation is 1. The van der Waals surface area contributed by atoms with Gasteiger partial charge in [0.2, 0.25) is 5.91 Å². The molecule has 2 heterocycles. The topological polar surface area (TPSA) is 87.7 Å². The summed E-state index contributed by atoms with van der Waals surface area (Å²) < 4.78 is 5.38. The molecule has 1 aromatic carbocycles. The molecular weight excluding hydrogens is 382 g/mol. The van der Waals surface area contributed by atoms with Crippen LogP contribution in [-0.2, 0) is 9.53 Å². The SMILES string of the molecule is Cc1ccc(NC(=O)CCN(CCCN2CCOCC2)C(=O)c2cnccn2)cc1. The molecule has 2 aromatic rings. The number of hydrogen-bond donors (Lipinski definition) is 1. The third-order valence-electron chi connectivity index (χ3n) is 5.02. The lowest BCUT2D eigenvalue weighted by molar-refractivity contribution is -0.116. The summed E-state index contributed by atoms with van der Waals surface area (Å²) in [5, 5.41) is 2.88. The van der Waals surface area contributed by atoms with Crippen molar-refractivity contribution in [3.63, 3.8) is 0 Å². The lowest BCUT2D eigenvalue weighted by Gasteiger charge is -2.28. The minimum atomic E-state index is -0.201. The van der Waals surface area contributed by atoms with E-state index in [1.807, 2.05) is 31.2 Å². The Bertz CT molecular complexity index is 807. The van der Waals surface area contributed by atoms with Crippen LogP contribution in [0.5, 0.6) is 0 Å². The summed E-state index contributed by atoms with van der Waals surface area (Å²) in [5.74, 6) is -0.322. The number of nitrogens with zero attached hydrogens (tertiary/aromatic N) is 4. The molecule has 0 saturated carbocycles. The molecule has 8 nitrogen and oxygen atoms in total. The van der Waals surface area contributed by atoms with Crippen LogP contribution in [0.1, 0.15) is 28.9 Å². The largest absolute Gasteiger partial charge is 0.379 e. The molecule has 30 heavy (non-hydrogen) atoms. The number of amides is 2. The second kappa shape index (κ2) is 11.4. The van der Waals surface area contributed by atoms with Gasteiger partial charge in [-0.05, 0) is 25.5 Å². The van der Waals surface area contributed by atoms with Gasteiger partial charge in [-0.3, -0.25) is 19.5 Å². The van der Waals surface area contributed by atoms with E-state index in [1.54, 1.807) is 4.90 Å². The molecule has 1 aromatic heterocycles. The van der Waals surface area contributed by atoms with E-state index in [0.717, 1.165) is 50.5 Å². The first kappa shape index (κ1) is 21.9. The number of benzene rings is 1. The van der Waals surface area contributed by atoms with Gasteiger partial charge in [-0.25, -0.2) is 4.98 Å². The smallest absolute Gasteiger partial charge is 0.274 e. The van der Waals surface area contributed by atoms with Crippen molar-refractivity contribution in [1.29, 1.82) is 0 Å². The molecule has 1 aliphatic heterocycles. The van der Waals surface area contributed by atoms with E-state index in [9.17, 15) is 9.59 Å². The predicted octanol–water partition coefficient (Wildman–Crippen LogP) is 1.98. The number of anilines is 1. The van der Waals surface area contributed by atoms with Crippen LogP contribution in [0.2, 0.25) is 0 Å². The summed E-state index contributed by atoms with van der Waals surface area (Å²) >= 11 is 0. The number of carbonyl (C=O) groups is 2. The molecule has 0 radical (unpaired) electrons. The van der Waals surface area contributed by atoms with Crippen molar-refractivity contribution in [2.45, 2.75) is 19.8 Å². The van der Waals surface area contributed by atoms with E-state index < -0.39 is 0 Å². The van der Waals surface area contributed by atoms with E-state index in [2.05, 4.69) is 20.2 Å². The maximum Gasteiger partial charge on any atom is 0.274 e. The maximum absolute atomic E-state index is 12.9. The van der Waals surface area contributed by atoms with Crippen molar-refractivity contribution in [3.8, 4) is 0 Å². The standard InChI is InChI=1S/C22H29N5O3/c1-18-3-5-19(6-4-18)25-21(28)7-12-27(22(29)20-17-23-8-9-24-20)11-2-10-26-13-15-30-16-14-26/h3-6,8-9,17H,2,7,10-16H2,1H3,(H,25,28). The van der Waals surface area contributed by atoms with Gasteiger partial charge in [0.25, 0.3) is 5.91 Å². The molecule has 0 atom stereocenters. The zero-order valence-corrected chi connectivity index (χ0v) is 17.4. The second-order valence-electron chi connectivity index (χ2n) is 7.35. The van der Waals surface area contributed by atoms with Gasteiger partial charge >= 0.3 is 0 Å². The normalized spacial score (nSPS) is 14.3. The Hall–Kier alpha value is -2.84. The maximum atomic E-state index is 12.9. The lowest BCUT2D eigenvalue weighted by Crippen LogP contribution is -2.40. The highest BCUT2D eigenvalue weighted by Gasteiger charge is 2.19. The van der Waals surface area contributed by atoms with Crippen LogP contribution in [0, 0.1) is 6.92 Å². The number of aromatic nitrogens is 2. The summed E-state index contributed by atoms with van der Waals surface area (Å²) in [6.45, 7) is 7.11. The van der Waals surface area contributed by atoms with Gasteiger partial charge in [-0.2, -0.15) is 0 Å². The van der Waals surface area contributed by atoms with Crippen LogP contribution in [-0.4, -0.2) is 77.5 Å². The number of hydrogen-bond acceptors (Lipinski definition) is 6. The first-order valence-electron chi connectivity index (χ1n) is 10.3. The minimum Gasteiger partial charge on any atom is -0.379 e. The van der Waals surface area contributed by atoms with Gasteiger partial charge in [0.05, 0.1) is 19.4 Å². The Morgan fingerprint density at radius 3 is 2.60 bits per heavy atom. The van der Waals surface area contributed by atoms with Gasteiger partial charge < -0.3 is 15.0 Å². The first-order chi connectivity index (χ1) is 14.6. The van der Waals surface area contributed by atoms with Crippen molar-refractivity contribution in [2.24, 2.45) is 0 Å². The summed E-state index contributed by atoms with van der Waals surface area (Å²) in [7, 11) is 0. The third-order valence-corrected chi connectivity index (χ3v) is 5.02. The van der Waals surface area contributed by atoms with Crippen LogP contribution in [0.3, 0.4) is 0 Å². The number of rotatable bonds is 9. The van der Waals surface area contributed by atoms with E-state index in [1.165, 1.54) is 18.6 Å². The van der Waals surface area contributed by atoms with Crippen molar-refractivity contribution in [1.82, 2.24) is 19.8 Å². The lowest BCUT2D eigenvalue weighted by atomic mass is 10.2. The molecule has 1 N–H and O–H groups in total. The highest BCUT2D eigenvalue weighted by molar-refractivity contribution is 5.93. The van der Waals surface area contributed by atoms with E-state index in [4.69, 9.17) is 4.74 Å². The Morgan fingerprint density at radius 2 is 1.90 bits per heavy atom. The fourth-order valence-electron chi connectivity index (χ4n) is 3.29. The average molecular weight is 412 g/mol. The van der Waals surface area contributed by atoms with E-state index in [0.29, 0.717) is 18.8 Å². The van der Waals surface area contributed by atoms with Crippen LogP contribution in [0.15, 0.2) is 42.9 Å². The number of nitrogens with one attached hydrogen (secondary N) is 1. The van der Waals surface area contributed by atoms with Gasteiger partial charge in [-0.1, -0.05) is 17.7 Å². The minimum absolute atomic E-state index is 0.121. The highest BCUT2D eigenvalue weighted by Crippen LogP contribution is 2.10.